The molecule has 1 aromatic carbocycles. The summed E-state index contributed by atoms with van der Waals surface area (Å²) >= 11 is 1.44. The van der Waals surface area contributed by atoms with Crippen LogP contribution in [0, 0.1) is 12.7 Å². The first-order chi connectivity index (χ1) is 9.67. The summed E-state index contributed by atoms with van der Waals surface area (Å²) < 4.78 is 14.1. The Hall–Kier alpha value is -2.34. The van der Waals surface area contributed by atoms with Gasteiger partial charge in [0, 0.05) is 17.1 Å². The molecule has 0 unspecified atom stereocenters. The molecule has 0 saturated carbocycles. The van der Waals surface area contributed by atoms with Gasteiger partial charge in [0.25, 0.3) is 0 Å². The molecule has 0 radical (unpaired) electrons. The number of hydrogen-bond acceptors (Lipinski definition) is 5. The highest BCUT2D eigenvalue weighted by Gasteiger charge is 2.10. The van der Waals surface area contributed by atoms with Crippen molar-refractivity contribution in [2.45, 2.75) is 6.92 Å². The Morgan fingerprint density at radius 3 is 2.85 bits per heavy atom. The number of aryl methyl sites for hydroxylation is 1. The van der Waals surface area contributed by atoms with Crippen LogP contribution in [-0.4, -0.2) is 15.2 Å². The van der Waals surface area contributed by atoms with Crippen LogP contribution in [0.3, 0.4) is 0 Å². The highest BCUT2D eigenvalue weighted by atomic mass is 32.1. The van der Waals surface area contributed by atoms with Crippen molar-refractivity contribution >= 4 is 27.9 Å². The summed E-state index contributed by atoms with van der Waals surface area (Å²) in [4.78, 5) is 4.12. The van der Waals surface area contributed by atoms with Crippen molar-refractivity contribution in [1.29, 1.82) is 0 Å². The van der Waals surface area contributed by atoms with E-state index in [2.05, 4.69) is 27.1 Å². The number of anilines is 1. The van der Waals surface area contributed by atoms with Crippen molar-refractivity contribution in [1.82, 2.24) is 15.2 Å². The first-order valence-electron chi connectivity index (χ1n) is 5.94. The lowest BCUT2D eigenvalue weighted by molar-refractivity contribution is 0.640. The van der Waals surface area contributed by atoms with Crippen LogP contribution in [0.2, 0.25) is 0 Å². The Morgan fingerprint density at radius 2 is 2.15 bits per heavy atom. The molecule has 0 bridgehead atoms. The van der Waals surface area contributed by atoms with E-state index in [9.17, 15) is 4.39 Å². The Kier molecular flexibility index (Phi) is 3.15. The van der Waals surface area contributed by atoms with Crippen LogP contribution in [0.15, 0.2) is 37.2 Å². The molecule has 3 aromatic rings. The van der Waals surface area contributed by atoms with Gasteiger partial charge in [-0.05, 0) is 36.7 Å². The summed E-state index contributed by atoms with van der Waals surface area (Å²) in [6.07, 6.45) is 3.04. The lowest BCUT2D eigenvalue weighted by atomic mass is 10.1. The van der Waals surface area contributed by atoms with Crippen LogP contribution in [-0.2, 0) is 0 Å². The lowest BCUT2D eigenvalue weighted by Crippen LogP contribution is -1.92. The number of aromatic nitrogens is 3. The fourth-order valence-corrected chi connectivity index (χ4v) is 2.61. The van der Waals surface area contributed by atoms with Crippen molar-refractivity contribution in [3.05, 3.63) is 48.0 Å². The molecule has 3 rings (SSSR count). The molecule has 2 aromatic heterocycles. The van der Waals surface area contributed by atoms with E-state index in [1.165, 1.54) is 29.8 Å². The first kappa shape index (κ1) is 12.7. The maximum absolute atomic E-state index is 14.1. The number of nitrogens with zero attached hydrogens (tertiary/aromatic N) is 3. The second kappa shape index (κ2) is 4.97. The molecule has 0 aliphatic heterocycles. The molecule has 0 atom stereocenters. The summed E-state index contributed by atoms with van der Waals surface area (Å²) in [6, 6.07) is 5.12. The quantitative estimate of drug-likeness (QED) is 0.796. The van der Waals surface area contributed by atoms with Crippen LogP contribution in [0.4, 0.5) is 10.2 Å². The Labute approximate surface area is 119 Å². The first-order valence-corrected chi connectivity index (χ1v) is 6.76. The summed E-state index contributed by atoms with van der Waals surface area (Å²) in [7, 11) is 0. The molecular weight excluding hydrogens is 275 g/mol. The van der Waals surface area contributed by atoms with E-state index in [1.54, 1.807) is 6.07 Å². The van der Waals surface area contributed by atoms with E-state index < -0.39 is 0 Å². The zero-order valence-corrected chi connectivity index (χ0v) is 11.5. The van der Waals surface area contributed by atoms with Gasteiger partial charge in [0.05, 0.1) is 0 Å². The van der Waals surface area contributed by atoms with E-state index in [-0.39, 0.29) is 5.82 Å². The smallest absolute Gasteiger partial charge is 0.147 e. The monoisotopic (exact) mass is 286 g/mol. The number of pyridine rings is 1. The third-order valence-electron chi connectivity index (χ3n) is 2.81. The summed E-state index contributed by atoms with van der Waals surface area (Å²) in [5, 5.41) is 13.7. The minimum Gasteiger partial charge on any atom is -0.347 e. The lowest BCUT2D eigenvalue weighted by Gasteiger charge is -2.05. The van der Waals surface area contributed by atoms with Crippen LogP contribution < -0.4 is 5.32 Å². The zero-order chi connectivity index (χ0) is 14.1. The SMILES string of the molecule is C=CNc1cc2cc(-c3nnc(C)s3)cc(F)c2cn1. The molecule has 20 heavy (non-hydrogen) atoms. The molecule has 0 saturated heterocycles. The normalized spacial score (nSPS) is 10.7. The number of halogens is 1. The Balaban J connectivity index is 2.17. The fraction of sp³-hybridized carbons (Fsp3) is 0.0714. The van der Waals surface area contributed by atoms with Crippen molar-refractivity contribution in [3.8, 4) is 10.6 Å². The van der Waals surface area contributed by atoms with Crippen molar-refractivity contribution in [2.24, 2.45) is 0 Å². The Morgan fingerprint density at radius 1 is 1.30 bits per heavy atom. The third kappa shape index (κ3) is 2.25. The molecule has 2 heterocycles. The van der Waals surface area contributed by atoms with Gasteiger partial charge < -0.3 is 5.32 Å². The third-order valence-corrected chi connectivity index (χ3v) is 3.70. The summed E-state index contributed by atoms with van der Waals surface area (Å²) in [6.45, 7) is 5.45. The van der Waals surface area contributed by atoms with Crippen LogP contribution >= 0.6 is 11.3 Å². The molecule has 0 fully saturated rings. The molecule has 0 aliphatic rings. The summed E-state index contributed by atoms with van der Waals surface area (Å²) in [5.74, 6) is 0.306. The fourth-order valence-electron chi connectivity index (χ4n) is 1.93. The Bertz CT molecular complexity index is 797. The average Bonchev–Trinajstić information content (AvgIpc) is 2.85. The minimum atomic E-state index is -0.317. The standard InChI is InChI=1S/C14H11FN4S/c1-3-16-13-6-9-4-10(14-19-18-8(2)20-14)5-12(15)11(9)7-17-13/h3-7H,1H2,2H3,(H,16,17). The molecule has 1 N–H and O–H groups in total. The number of fused-ring (bicyclic) bond motifs is 1. The minimum absolute atomic E-state index is 0.317. The van der Waals surface area contributed by atoms with Crippen LogP contribution in [0.1, 0.15) is 5.01 Å². The topological polar surface area (TPSA) is 50.7 Å². The predicted octanol–water partition coefficient (Wildman–Crippen LogP) is 3.76. The van der Waals surface area contributed by atoms with Gasteiger partial charge in [0.2, 0.25) is 0 Å². The summed E-state index contributed by atoms with van der Waals surface area (Å²) in [5.41, 5.74) is 0.719. The van der Waals surface area contributed by atoms with Crippen LogP contribution in [0.25, 0.3) is 21.3 Å². The van der Waals surface area contributed by atoms with Gasteiger partial charge in [-0.2, -0.15) is 0 Å². The average molecular weight is 286 g/mol. The van der Waals surface area contributed by atoms with Crippen molar-refractivity contribution in [3.63, 3.8) is 0 Å². The van der Waals surface area contributed by atoms with Gasteiger partial charge in [0.1, 0.15) is 21.7 Å². The van der Waals surface area contributed by atoms with Gasteiger partial charge in [-0.1, -0.05) is 17.9 Å². The maximum atomic E-state index is 14.1. The van der Waals surface area contributed by atoms with E-state index in [0.717, 1.165) is 16.0 Å². The molecule has 100 valence electrons. The number of hydrogen-bond donors (Lipinski definition) is 1. The van der Waals surface area contributed by atoms with Gasteiger partial charge in [0.15, 0.2) is 0 Å². The highest BCUT2D eigenvalue weighted by Crippen LogP contribution is 2.29. The van der Waals surface area contributed by atoms with E-state index >= 15 is 0 Å². The van der Waals surface area contributed by atoms with Gasteiger partial charge in [-0.3, -0.25) is 0 Å². The second-order valence-electron chi connectivity index (χ2n) is 4.22. The zero-order valence-electron chi connectivity index (χ0n) is 10.7. The number of benzene rings is 1. The van der Waals surface area contributed by atoms with Crippen LogP contribution in [0.5, 0.6) is 0 Å². The number of nitrogens with one attached hydrogen (secondary N) is 1. The molecular formula is C14H11FN4S. The largest absolute Gasteiger partial charge is 0.347 e. The van der Waals surface area contributed by atoms with E-state index in [1.807, 2.05) is 13.0 Å². The maximum Gasteiger partial charge on any atom is 0.147 e. The van der Waals surface area contributed by atoms with E-state index in [4.69, 9.17) is 0 Å². The van der Waals surface area contributed by atoms with Gasteiger partial charge in [-0.25, -0.2) is 9.37 Å². The molecule has 4 nitrogen and oxygen atoms in total. The van der Waals surface area contributed by atoms with Gasteiger partial charge in [-0.15, -0.1) is 10.2 Å². The second-order valence-corrected chi connectivity index (χ2v) is 5.41. The van der Waals surface area contributed by atoms with Crippen molar-refractivity contribution < 1.29 is 4.39 Å². The highest BCUT2D eigenvalue weighted by molar-refractivity contribution is 7.14. The molecule has 0 aliphatic carbocycles. The van der Waals surface area contributed by atoms with E-state index in [0.29, 0.717) is 16.2 Å². The number of rotatable bonds is 3. The molecule has 6 heteroatoms. The molecule has 0 spiro atoms. The predicted molar refractivity (Wildman–Crippen MR) is 79.2 cm³/mol. The van der Waals surface area contributed by atoms with Gasteiger partial charge >= 0.3 is 0 Å². The molecule has 0 amide bonds. The van der Waals surface area contributed by atoms with Crippen molar-refractivity contribution in [2.75, 3.05) is 5.32 Å².